The highest BCUT2D eigenvalue weighted by Gasteiger charge is 2.10. The summed E-state index contributed by atoms with van der Waals surface area (Å²) in [6.07, 6.45) is 0.140. The Balaban J connectivity index is 2.62. The molecule has 0 fully saturated rings. The van der Waals surface area contributed by atoms with Gasteiger partial charge in [-0.05, 0) is 31.5 Å². The van der Waals surface area contributed by atoms with E-state index < -0.39 is 0 Å². The first-order chi connectivity index (χ1) is 7.54. The van der Waals surface area contributed by atoms with Gasteiger partial charge in [-0.3, -0.25) is 0 Å². The van der Waals surface area contributed by atoms with Gasteiger partial charge in [0.2, 0.25) is 0 Å². The van der Waals surface area contributed by atoms with Crippen LogP contribution < -0.4 is 5.32 Å². The second-order valence-corrected chi connectivity index (χ2v) is 4.25. The summed E-state index contributed by atoms with van der Waals surface area (Å²) in [5.74, 6) is -0.314. The van der Waals surface area contributed by atoms with Crippen molar-refractivity contribution in [2.24, 2.45) is 0 Å². The number of hydrogen-bond acceptors (Lipinski definition) is 2. The van der Waals surface area contributed by atoms with Gasteiger partial charge in [0.05, 0.1) is 6.10 Å². The average molecular weight is 246 g/mol. The fraction of sp³-hybridized carbons (Fsp3) is 0.500. The van der Waals surface area contributed by atoms with Crippen molar-refractivity contribution in [3.8, 4) is 0 Å². The van der Waals surface area contributed by atoms with E-state index in [9.17, 15) is 4.39 Å². The third-order valence-electron chi connectivity index (χ3n) is 2.54. The van der Waals surface area contributed by atoms with E-state index in [-0.39, 0.29) is 18.0 Å². The first-order valence-corrected chi connectivity index (χ1v) is 5.63. The zero-order valence-electron chi connectivity index (χ0n) is 9.76. The van der Waals surface area contributed by atoms with Gasteiger partial charge in [0, 0.05) is 24.7 Å². The predicted octanol–water partition coefficient (Wildman–Crippen LogP) is 3.16. The second-order valence-electron chi connectivity index (χ2n) is 3.84. The highest BCUT2D eigenvalue weighted by Crippen LogP contribution is 2.23. The highest BCUT2D eigenvalue weighted by atomic mass is 35.5. The van der Waals surface area contributed by atoms with Gasteiger partial charge < -0.3 is 10.1 Å². The quantitative estimate of drug-likeness (QED) is 0.861. The molecule has 1 aromatic carbocycles. The third-order valence-corrected chi connectivity index (χ3v) is 2.87. The maximum absolute atomic E-state index is 12.9. The molecule has 0 saturated carbocycles. The van der Waals surface area contributed by atoms with Gasteiger partial charge in [-0.25, -0.2) is 4.39 Å². The fourth-order valence-electron chi connectivity index (χ4n) is 1.39. The second kappa shape index (κ2) is 6.18. The van der Waals surface area contributed by atoms with Gasteiger partial charge >= 0.3 is 0 Å². The Labute approximate surface area is 101 Å². The summed E-state index contributed by atoms with van der Waals surface area (Å²) in [4.78, 5) is 0. The van der Waals surface area contributed by atoms with Crippen LogP contribution in [0.25, 0.3) is 0 Å². The Bertz CT molecular complexity index is 346. The molecule has 1 aromatic rings. The monoisotopic (exact) mass is 245 g/mol. The van der Waals surface area contributed by atoms with Crippen molar-refractivity contribution >= 4 is 11.6 Å². The lowest BCUT2D eigenvalue weighted by Crippen LogP contribution is -2.28. The summed E-state index contributed by atoms with van der Waals surface area (Å²) < 4.78 is 18.0. The molecule has 0 bridgehead atoms. The van der Waals surface area contributed by atoms with Crippen molar-refractivity contribution in [2.75, 3.05) is 13.7 Å². The van der Waals surface area contributed by atoms with E-state index >= 15 is 0 Å². The number of nitrogens with one attached hydrogen (secondary N) is 1. The normalized spacial score (nSPS) is 14.8. The van der Waals surface area contributed by atoms with Crippen LogP contribution in [-0.2, 0) is 4.74 Å². The number of ether oxygens (including phenoxy) is 1. The minimum Gasteiger partial charge on any atom is -0.380 e. The number of rotatable bonds is 5. The number of methoxy groups -OCH3 is 1. The lowest BCUT2D eigenvalue weighted by molar-refractivity contribution is 0.115. The van der Waals surface area contributed by atoms with Gasteiger partial charge in [-0.15, -0.1) is 0 Å². The van der Waals surface area contributed by atoms with Crippen molar-refractivity contribution in [1.82, 2.24) is 5.32 Å². The number of benzene rings is 1. The highest BCUT2D eigenvalue weighted by molar-refractivity contribution is 6.31. The van der Waals surface area contributed by atoms with Crippen LogP contribution >= 0.6 is 11.6 Å². The van der Waals surface area contributed by atoms with Crippen LogP contribution in [0, 0.1) is 5.82 Å². The van der Waals surface area contributed by atoms with Gasteiger partial charge in [-0.2, -0.15) is 0 Å². The van der Waals surface area contributed by atoms with Crippen LogP contribution in [-0.4, -0.2) is 19.8 Å². The molecule has 90 valence electrons. The summed E-state index contributed by atoms with van der Waals surface area (Å²) >= 11 is 5.96. The molecule has 0 radical (unpaired) electrons. The molecule has 0 heterocycles. The summed E-state index contributed by atoms with van der Waals surface area (Å²) in [6, 6.07) is 4.52. The molecular weight excluding hydrogens is 229 g/mol. The molecule has 2 unspecified atom stereocenters. The van der Waals surface area contributed by atoms with Crippen LogP contribution in [0.4, 0.5) is 4.39 Å². The maximum Gasteiger partial charge on any atom is 0.124 e. The fourth-order valence-corrected chi connectivity index (χ4v) is 1.72. The zero-order valence-corrected chi connectivity index (χ0v) is 10.5. The molecule has 0 aliphatic carbocycles. The van der Waals surface area contributed by atoms with Gasteiger partial charge in [0.25, 0.3) is 0 Å². The topological polar surface area (TPSA) is 21.3 Å². The first-order valence-electron chi connectivity index (χ1n) is 5.25. The molecule has 1 N–H and O–H groups in total. The zero-order chi connectivity index (χ0) is 12.1. The van der Waals surface area contributed by atoms with E-state index in [1.807, 2.05) is 13.8 Å². The Morgan fingerprint density at radius 1 is 1.44 bits per heavy atom. The predicted molar refractivity (Wildman–Crippen MR) is 64.3 cm³/mol. The van der Waals surface area contributed by atoms with Crippen LogP contribution in [0.15, 0.2) is 18.2 Å². The van der Waals surface area contributed by atoms with E-state index in [1.165, 1.54) is 12.1 Å². The van der Waals surface area contributed by atoms with Gasteiger partial charge in [0.1, 0.15) is 5.82 Å². The summed E-state index contributed by atoms with van der Waals surface area (Å²) in [5.41, 5.74) is 0.895. The molecule has 2 atom stereocenters. The summed E-state index contributed by atoms with van der Waals surface area (Å²) in [5, 5.41) is 3.73. The SMILES string of the molecule is COC(C)CNC(C)c1ccc(F)cc1Cl. The Morgan fingerprint density at radius 2 is 2.12 bits per heavy atom. The smallest absolute Gasteiger partial charge is 0.124 e. The molecule has 0 spiro atoms. The minimum absolute atomic E-state index is 0.0747. The molecule has 0 amide bonds. The van der Waals surface area contributed by atoms with E-state index in [4.69, 9.17) is 16.3 Å². The van der Waals surface area contributed by atoms with Crippen LogP contribution in [0.1, 0.15) is 25.5 Å². The largest absolute Gasteiger partial charge is 0.380 e. The number of halogens is 2. The van der Waals surface area contributed by atoms with Gasteiger partial charge in [0.15, 0.2) is 0 Å². The van der Waals surface area contributed by atoms with Crippen molar-refractivity contribution in [1.29, 1.82) is 0 Å². The van der Waals surface area contributed by atoms with Crippen molar-refractivity contribution in [2.45, 2.75) is 26.0 Å². The number of hydrogen-bond donors (Lipinski definition) is 1. The molecule has 4 heteroatoms. The third kappa shape index (κ3) is 3.74. The minimum atomic E-state index is -0.314. The molecule has 0 aliphatic rings. The summed E-state index contributed by atoms with van der Waals surface area (Å²) in [6.45, 7) is 4.69. The lowest BCUT2D eigenvalue weighted by atomic mass is 10.1. The van der Waals surface area contributed by atoms with E-state index in [0.29, 0.717) is 5.02 Å². The van der Waals surface area contributed by atoms with Crippen LogP contribution in [0.2, 0.25) is 5.02 Å². The van der Waals surface area contributed by atoms with Crippen molar-refractivity contribution < 1.29 is 9.13 Å². The van der Waals surface area contributed by atoms with Crippen molar-refractivity contribution in [3.63, 3.8) is 0 Å². The Hall–Kier alpha value is -0.640. The molecule has 1 rings (SSSR count). The summed E-state index contributed by atoms with van der Waals surface area (Å²) in [7, 11) is 1.67. The maximum atomic E-state index is 12.9. The Kier molecular flexibility index (Phi) is 5.19. The van der Waals surface area contributed by atoms with E-state index in [0.717, 1.165) is 12.1 Å². The molecule has 0 aliphatic heterocycles. The van der Waals surface area contributed by atoms with E-state index in [1.54, 1.807) is 13.2 Å². The molecule has 0 aromatic heterocycles. The molecular formula is C12H17ClFNO. The molecule has 0 saturated heterocycles. The van der Waals surface area contributed by atoms with Crippen molar-refractivity contribution in [3.05, 3.63) is 34.6 Å². The standard InChI is InChI=1S/C12H17ClFNO/c1-8(16-3)7-15-9(2)11-5-4-10(14)6-12(11)13/h4-6,8-9,15H,7H2,1-3H3. The van der Waals surface area contributed by atoms with Gasteiger partial charge in [-0.1, -0.05) is 17.7 Å². The molecule has 16 heavy (non-hydrogen) atoms. The molecule has 2 nitrogen and oxygen atoms in total. The van der Waals surface area contributed by atoms with E-state index in [2.05, 4.69) is 5.32 Å². The lowest BCUT2D eigenvalue weighted by Gasteiger charge is -2.18. The Morgan fingerprint density at radius 3 is 2.69 bits per heavy atom. The average Bonchev–Trinajstić information content (AvgIpc) is 2.25. The van der Waals surface area contributed by atoms with Crippen LogP contribution in [0.3, 0.4) is 0 Å². The first kappa shape index (κ1) is 13.4. The van der Waals surface area contributed by atoms with Crippen LogP contribution in [0.5, 0.6) is 0 Å².